The molecule has 1 aliphatic carbocycles. The van der Waals surface area contributed by atoms with Crippen LogP contribution in [0.15, 0.2) is 24.3 Å². The van der Waals surface area contributed by atoms with Crippen molar-refractivity contribution in [3.63, 3.8) is 0 Å². The summed E-state index contributed by atoms with van der Waals surface area (Å²) in [7, 11) is 0. The highest BCUT2D eigenvalue weighted by Gasteiger charge is 2.32. The van der Waals surface area contributed by atoms with Crippen molar-refractivity contribution in [3.8, 4) is 0 Å². The quantitative estimate of drug-likeness (QED) is 0.285. The SMILES string of the molecule is CCCN1CCc2nc3ccccc3c(C(=O)OC(CC)C(=O)Nc3sc4c(c3C(=O)OCC)CCCCCC4)c2C1. The smallest absolute Gasteiger partial charge is 0.341 e. The number of amides is 1. The Labute approximate surface area is 251 Å². The summed E-state index contributed by atoms with van der Waals surface area (Å²) >= 11 is 1.45. The number of rotatable bonds is 9. The molecule has 0 saturated carbocycles. The Balaban J connectivity index is 1.43. The number of benzene rings is 1. The molecule has 9 heteroatoms. The van der Waals surface area contributed by atoms with Crippen LogP contribution in [-0.4, -0.2) is 53.5 Å². The molecule has 0 fully saturated rings. The molecule has 0 saturated heterocycles. The van der Waals surface area contributed by atoms with E-state index in [1.807, 2.05) is 31.2 Å². The fraction of sp³-hybridized carbons (Fsp3) is 0.515. The Morgan fingerprint density at radius 2 is 1.76 bits per heavy atom. The molecule has 3 heterocycles. The molecule has 1 unspecified atom stereocenters. The standard InChI is InChI=1S/C33H41N3O5S/c1-4-18-36-19-17-25-23(20-36)28(21-13-11-12-15-24(21)34-25)33(39)41-26(5-2)30(37)35-31-29(32(38)40-6-3)22-14-9-7-8-10-16-27(22)42-31/h11-13,15,26H,4-10,14,16-20H2,1-3H3,(H,35,37). The van der Waals surface area contributed by atoms with E-state index in [1.165, 1.54) is 11.3 Å². The van der Waals surface area contributed by atoms with Gasteiger partial charge in [0.2, 0.25) is 0 Å². The molecule has 5 rings (SSSR count). The van der Waals surface area contributed by atoms with Crippen LogP contribution in [0.1, 0.15) is 102 Å². The predicted octanol–water partition coefficient (Wildman–Crippen LogP) is 6.47. The molecule has 0 spiro atoms. The number of fused-ring (bicyclic) bond motifs is 3. The van der Waals surface area contributed by atoms with Crippen molar-refractivity contribution in [2.75, 3.05) is 25.0 Å². The maximum Gasteiger partial charge on any atom is 0.341 e. The third-order valence-corrected chi connectivity index (χ3v) is 9.38. The Bertz CT molecular complexity index is 1470. The zero-order chi connectivity index (χ0) is 29.6. The molecule has 1 amide bonds. The molecule has 1 N–H and O–H groups in total. The van der Waals surface area contributed by atoms with Crippen molar-refractivity contribution in [2.24, 2.45) is 0 Å². The van der Waals surface area contributed by atoms with Crippen molar-refractivity contribution < 1.29 is 23.9 Å². The van der Waals surface area contributed by atoms with Gasteiger partial charge in [0.05, 0.1) is 23.3 Å². The van der Waals surface area contributed by atoms with Crippen LogP contribution in [0.25, 0.3) is 10.9 Å². The summed E-state index contributed by atoms with van der Waals surface area (Å²) in [5.41, 5.74) is 4.49. The maximum atomic E-state index is 13.9. The van der Waals surface area contributed by atoms with E-state index in [1.54, 1.807) is 6.92 Å². The molecule has 3 aromatic rings. The Kier molecular flexibility index (Phi) is 9.90. The molecule has 42 heavy (non-hydrogen) atoms. The first-order valence-electron chi connectivity index (χ1n) is 15.4. The number of hydrogen-bond acceptors (Lipinski definition) is 8. The number of carbonyl (C=O) groups excluding carboxylic acids is 3. The lowest BCUT2D eigenvalue weighted by molar-refractivity contribution is -0.124. The highest BCUT2D eigenvalue weighted by atomic mass is 32.1. The van der Waals surface area contributed by atoms with Gasteiger partial charge < -0.3 is 14.8 Å². The lowest BCUT2D eigenvalue weighted by Crippen LogP contribution is -2.35. The molecule has 1 aromatic carbocycles. The van der Waals surface area contributed by atoms with Gasteiger partial charge in [-0.15, -0.1) is 11.3 Å². The van der Waals surface area contributed by atoms with E-state index in [-0.39, 0.29) is 6.61 Å². The van der Waals surface area contributed by atoms with Crippen molar-refractivity contribution in [1.82, 2.24) is 9.88 Å². The molecule has 2 aromatic heterocycles. The number of nitrogens with one attached hydrogen (secondary N) is 1. The normalized spacial score (nSPS) is 16.1. The number of thiophene rings is 1. The van der Waals surface area contributed by atoms with E-state index in [0.717, 1.165) is 97.1 Å². The summed E-state index contributed by atoms with van der Waals surface area (Å²) in [5.74, 6) is -1.37. The van der Waals surface area contributed by atoms with Crippen molar-refractivity contribution >= 4 is 45.1 Å². The van der Waals surface area contributed by atoms with Gasteiger partial charge in [0.25, 0.3) is 5.91 Å². The molecular formula is C33H41N3O5S. The van der Waals surface area contributed by atoms with Gasteiger partial charge in [-0.05, 0) is 63.6 Å². The molecule has 0 bridgehead atoms. The maximum absolute atomic E-state index is 13.9. The lowest BCUT2D eigenvalue weighted by Gasteiger charge is -2.30. The summed E-state index contributed by atoms with van der Waals surface area (Å²) in [6, 6.07) is 7.61. The number of anilines is 1. The average Bonchev–Trinajstić information content (AvgIpc) is 3.30. The minimum atomic E-state index is -1.02. The van der Waals surface area contributed by atoms with Gasteiger partial charge in [-0.25, -0.2) is 9.59 Å². The van der Waals surface area contributed by atoms with Crippen LogP contribution in [0.5, 0.6) is 0 Å². The third kappa shape index (κ3) is 6.37. The zero-order valence-electron chi connectivity index (χ0n) is 24.9. The van der Waals surface area contributed by atoms with Gasteiger partial charge in [0, 0.05) is 41.0 Å². The first-order chi connectivity index (χ1) is 20.4. The van der Waals surface area contributed by atoms with Crippen LogP contribution in [-0.2, 0) is 40.1 Å². The molecule has 224 valence electrons. The third-order valence-electron chi connectivity index (χ3n) is 8.17. The molecule has 0 radical (unpaired) electrons. The molecule has 1 aliphatic heterocycles. The number of hydrogen-bond donors (Lipinski definition) is 1. The monoisotopic (exact) mass is 591 g/mol. The number of nitrogens with zero attached hydrogens (tertiary/aromatic N) is 2. The second kappa shape index (κ2) is 13.8. The Morgan fingerprint density at radius 1 is 0.976 bits per heavy atom. The largest absolute Gasteiger partial charge is 0.462 e. The second-order valence-corrected chi connectivity index (χ2v) is 12.2. The number of carbonyl (C=O) groups is 3. The van der Waals surface area contributed by atoms with Crippen LogP contribution in [0.2, 0.25) is 0 Å². The fourth-order valence-electron chi connectivity index (χ4n) is 6.12. The average molecular weight is 592 g/mol. The highest BCUT2D eigenvalue weighted by Crippen LogP contribution is 2.38. The van der Waals surface area contributed by atoms with Crippen molar-refractivity contribution in [2.45, 2.75) is 91.2 Å². The fourth-order valence-corrected chi connectivity index (χ4v) is 7.40. The van der Waals surface area contributed by atoms with Crippen molar-refractivity contribution in [1.29, 1.82) is 0 Å². The van der Waals surface area contributed by atoms with Gasteiger partial charge in [0.15, 0.2) is 6.10 Å². The van der Waals surface area contributed by atoms with Gasteiger partial charge in [0.1, 0.15) is 5.00 Å². The number of aromatic nitrogens is 1. The van der Waals surface area contributed by atoms with Gasteiger partial charge in [-0.3, -0.25) is 14.7 Å². The minimum Gasteiger partial charge on any atom is -0.462 e. The Hall–Kier alpha value is -3.30. The topological polar surface area (TPSA) is 97.8 Å². The van der Waals surface area contributed by atoms with Crippen LogP contribution in [0, 0.1) is 0 Å². The van der Waals surface area contributed by atoms with E-state index in [2.05, 4.69) is 17.1 Å². The summed E-state index contributed by atoms with van der Waals surface area (Å²) in [6.07, 6.45) is 7.06. The van der Waals surface area contributed by atoms with E-state index in [0.29, 0.717) is 29.1 Å². The predicted molar refractivity (Wildman–Crippen MR) is 165 cm³/mol. The molecule has 2 aliphatic rings. The van der Waals surface area contributed by atoms with E-state index >= 15 is 0 Å². The first-order valence-corrected chi connectivity index (χ1v) is 16.2. The highest BCUT2D eigenvalue weighted by molar-refractivity contribution is 7.17. The zero-order valence-corrected chi connectivity index (χ0v) is 25.7. The summed E-state index contributed by atoms with van der Waals surface area (Å²) in [6.45, 7) is 8.46. The summed E-state index contributed by atoms with van der Waals surface area (Å²) in [5, 5.41) is 4.18. The van der Waals surface area contributed by atoms with Crippen LogP contribution in [0.3, 0.4) is 0 Å². The summed E-state index contributed by atoms with van der Waals surface area (Å²) in [4.78, 5) is 48.9. The van der Waals surface area contributed by atoms with Crippen molar-refractivity contribution in [3.05, 3.63) is 57.1 Å². The van der Waals surface area contributed by atoms with E-state index in [4.69, 9.17) is 14.5 Å². The van der Waals surface area contributed by atoms with Gasteiger partial charge >= 0.3 is 11.9 Å². The van der Waals surface area contributed by atoms with Gasteiger partial charge in [-0.1, -0.05) is 44.9 Å². The van der Waals surface area contributed by atoms with E-state index in [9.17, 15) is 14.4 Å². The van der Waals surface area contributed by atoms with Crippen LogP contribution in [0.4, 0.5) is 5.00 Å². The lowest BCUT2D eigenvalue weighted by atomic mass is 9.95. The Morgan fingerprint density at radius 3 is 2.52 bits per heavy atom. The molecular weight excluding hydrogens is 550 g/mol. The molecule has 8 nitrogen and oxygen atoms in total. The number of esters is 2. The first kappa shape index (κ1) is 30.2. The van der Waals surface area contributed by atoms with Gasteiger partial charge in [-0.2, -0.15) is 0 Å². The number of pyridine rings is 1. The number of aryl methyl sites for hydroxylation is 1. The van der Waals surface area contributed by atoms with Crippen LogP contribution < -0.4 is 5.32 Å². The summed E-state index contributed by atoms with van der Waals surface area (Å²) < 4.78 is 11.4. The van der Waals surface area contributed by atoms with Crippen LogP contribution >= 0.6 is 11.3 Å². The number of para-hydroxylation sites is 1. The second-order valence-electron chi connectivity index (χ2n) is 11.1. The minimum absolute atomic E-state index is 0.256. The molecule has 1 atom stereocenters. The van der Waals surface area contributed by atoms with E-state index < -0.39 is 23.9 Å². The number of ether oxygens (including phenoxy) is 2.